The first-order chi connectivity index (χ1) is 13.1. The Balaban J connectivity index is 2.48. The largest absolute Gasteiger partial charge is 0.497 e. The highest BCUT2D eigenvalue weighted by atomic mass is 28.4. The van der Waals surface area contributed by atoms with Gasteiger partial charge in [0, 0.05) is 19.4 Å². The lowest BCUT2D eigenvalue weighted by atomic mass is 9.87. The third-order valence-electron chi connectivity index (χ3n) is 4.43. The zero-order valence-corrected chi connectivity index (χ0v) is 18.8. The summed E-state index contributed by atoms with van der Waals surface area (Å²) in [5.41, 5.74) is 1.81. The number of hydrogen-bond donors (Lipinski definition) is 0. The van der Waals surface area contributed by atoms with Crippen LogP contribution in [-0.4, -0.2) is 46.6 Å². The number of benzene rings is 1. The molecular formula is C20H31NO6Si. The molecule has 1 fully saturated rings. The molecule has 2 rings (SSSR count). The Morgan fingerprint density at radius 3 is 2.39 bits per heavy atom. The molecule has 1 aliphatic heterocycles. The second-order valence-electron chi connectivity index (χ2n) is 7.83. The number of allylic oxidation sites excluding steroid dienone is 1. The van der Waals surface area contributed by atoms with Gasteiger partial charge in [0.1, 0.15) is 5.75 Å². The van der Waals surface area contributed by atoms with Gasteiger partial charge >= 0.3 is 5.97 Å². The molecule has 0 aromatic heterocycles. The number of methoxy groups -OCH3 is 3. The average molecular weight is 410 g/mol. The Morgan fingerprint density at radius 2 is 1.89 bits per heavy atom. The lowest BCUT2D eigenvalue weighted by Gasteiger charge is -2.46. The van der Waals surface area contributed by atoms with Crippen LogP contribution >= 0.6 is 0 Å². The number of hydroxylamine groups is 2. The van der Waals surface area contributed by atoms with E-state index in [9.17, 15) is 4.79 Å². The molecule has 156 valence electrons. The molecule has 1 aromatic rings. The van der Waals surface area contributed by atoms with Crippen molar-refractivity contribution in [3.8, 4) is 5.75 Å². The Labute approximate surface area is 168 Å². The Morgan fingerprint density at radius 1 is 1.25 bits per heavy atom. The van der Waals surface area contributed by atoms with Crippen LogP contribution in [0.15, 0.2) is 36.0 Å². The van der Waals surface area contributed by atoms with Crippen molar-refractivity contribution >= 4 is 14.3 Å². The molecule has 0 saturated carbocycles. The molecule has 1 aliphatic rings. The van der Waals surface area contributed by atoms with E-state index in [4.69, 9.17) is 23.6 Å². The third-order valence-corrected chi connectivity index (χ3v) is 5.14. The Bertz CT molecular complexity index is 700. The van der Waals surface area contributed by atoms with Crippen molar-refractivity contribution < 1.29 is 28.4 Å². The van der Waals surface area contributed by atoms with Crippen LogP contribution in [0.1, 0.15) is 31.2 Å². The Kier molecular flexibility index (Phi) is 7.27. The van der Waals surface area contributed by atoms with Gasteiger partial charge in [-0.15, -0.1) is 5.23 Å². The molecule has 2 atom stereocenters. The summed E-state index contributed by atoms with van der Waals surface area (Å²) in [5, 5.41) is 1.44. The lowest BCUT2D eigenvalue weighted by Crippen LogP contribution is -2.50. The van der Waals surface area contributed by atoms with Gasteiger partial charge in [-0.2, -0.15) is 0 Å². The molecule has 0 N–H and O–H groups in total. The predicted molar refractivity (Wildman–Crippen MR) is 108 cm³/mol. The van der Waals surface area contributed by atoms with Crippen LogP contribution in [0.2, 0.25) is 19.6 Å². The van der Waals surface area contributed by atoms with Gasteiger partial charge in [0.15, 0.2) is 5.79 Å². The molecule has 0 amide bonds. The minimum atomic E-state index is -2.00. The van der Waals surface area contributed by atoms with Gasteiger partial charge in [0.05, 0.1) is 26.3 Å². The minimum Gasteiger partial charge on any atom is -0.497 e. The van der Waals surface area contributed by atoms with Crippen molar-refractivity contribution in [2.45, 2.75) is 51.1 Å². The van der Waals surface area contributed by atoms with E-state index in [1.54, 1.807) is 20.3 Å². The van der Waals surface area contributed by atoms with E-state index in [2.05, 4.69) is 19.6 Å². The van der Waals surface area contributed by atoms with Gasteiger partial charge in [0.25, 0.3) is 0 Å². The number of carbonyl (C=O) groups excluding carboxylic acids is 1. The second kappa shape index (κ2) is 9.08. The van der Waals surface area contributed by atoms with Crippen molar-refractivity contribution in [3.05, 3.63) is 41.6 Å². The fraction of sp³-hybridized carbons (Fsp3) is 0.550. The van der Waals surface area contributed by atoms with Crippen molar-refractivity contribution in [3.63, 3.8) is 0 Å². The summed E-state index contributed by atoms with van der Waals surface area (Å²) in [7, 11) is 2.62. The molecule has 1 heterocycles. The van der Waals surface area contributed by atoms with E-state index in [-0.39, 0.29) is 18.3 Å². The molecule has 0 bridgehead atoms. The summed E-state index contributed by atoms with van der Waals surface area (Å²) in [5.74, 6) is -0.507. The van der Waals surface area contributed by atoms with Crippen molar-refractivity contribution in [1.29, 1.82) is 0 Å². The van der Waals surface area contributed by atoms with Gasteiger partial charge in [0.2, 0.25) is 8.32 Å². The Hall–Kier alpha value is -1.87. The summed E-state index contributed by atoms with van der Waals surface area (Å²) >= 11 is 0. The summed E-state index contributed by atoms with van der Waals surface area (Å²) in [4.78, 5) is 17.8. The highest BCUT2D eigenvalue weighted by Crippen LogP contribution is 2.43. The van der Waals surface area contributed by atoms with E-state index in [1.165, 1.54) is 12.3 Å². The molecule has 0 unspecified atom stereocenters. The topological polar surface area (TPSA) is 66.5 Å². The molecule has 0 radical (unpaired) electrons. The fourth-order valence-electron chi connectivity index (χ4n) is 2.92. The van der Waals surface area contributed by atoms with E-state index in [1.807, 2.05) is 31.2 Å². The maximum atomic E-state index is 11.8. The standard InChI is InChI=1S/C20H31NO6Si/c1-20(25-4)14-17(15-8-10-16(23-2)11-9-15)18(12-13-19(22)24-3)21(26-20)27-28(5,6)7/h8-12,17H,13-14H2,1-7H3/b18-12+/t17-,20-/m0/s1. The second-order valence-corrected chi connectivity index (χ2v) is 12.2. The third kappa shape index (κ3) is 5.81. The predicted octanol–water partition coefficient (Wildman–Crippen LogP) is 3.99. The van der Waals surface area contributed by atoms with Crippen LogP contribution in [0, 0.1) is 0 Å². The van der Waals surface area contributed by atoms with Gasteiger partial charge < -0.3 is 14.2 Å². The molecule has 0 aliphatic carbocycles. The maximum absolute atomic E-state index is 11.8. The van der Waals surface area contributed by atoms with E-state index >= 15 is 0 Å². The molecule has 28 heavy (non-hydrogen) atoms. The first-order valence-corrected chi connectivity index (χ1v) is 12.7. The normalized spacial score (nSPS) is 24.3. The number of esters is 1. The van der Waals surface area contributed by atoms with Gasteiger partial charge in [-0.1, -0.05) is 12.1 Å². The number of rotatable bonds is 7. The van der Waals surface area contributed by atoms with Gasteiger partial charge in [-0.3, -0.25) is 9.32 Å². The maximum Gasteiger partial charge on any atom is 0.309 e. The fourth-order valence-corrected chi connectivity index (χ4v) is 3.56. The van der Waals surface area contributed by atoms with E-state index < -0.39 is 14.1 Å². The summed E-state index contributed by atoms with van der Waals surface area (Å²) < 4.78 is 21.9. The van der Waals surface area contributed by atoms with E-state index in [0.717, 1.165) is 17.0 Å². The molecular weight excluding hydrogens is 378 g/mol. The minimum absolute atomic E-state index is 0.0920. The number of ether oxygens (including phenoxy) is 3. The number of hydrogen-bond acceptors (Lipinski definition) is 7. The van der Waals surface area contributed by atoms with Gasteiger partial charge in [-0.05, 0) is 50.3 Å². The summed E-state index contributed by atoms with van der Waals surface area (Å²) in [6.07, 6.45) is 2.49. The first kappa shape index (κ1) is 22.4. The van der Waals surface area contributed by atoms with E-state index in [0.29, 0.717) is 6.42 Å². The highest BCUT2D eigenvalue weighted by Gasteiger charge is 2.43. The highest BCUT2D eigenvalue weighted by molar-refractivity contribution is 6.69. The van der Waals surface area contributed by atoms with Crippen LogP contribution in [0.3, 0.4) is 0 Å². The summed E-state index contributed by atoms with van der Waals surface area (Å²) in [6.45, 7) is 8.07. The van der Waals surface area contributed by atoms with Crippen molar-refractivity contribution in [2.24, 2.45) is 0 Å². The van der Waals surface area contributed by atoms with Crippen LogP contribution in [0.4, 0.5) is 0 Å². The zero-order chi connectivity index (χ0) is 20.9. The molecule has 0 spiro atoms. The first-order valence-electron chi connectivity index (χ1n) is 9.25. The van der Waals surface area contributed by atoms with Crippen LogP contribution in [0.25, 0.3) is 0 Å². The number of carbonyl (C=O) groups is 1. The van der Waals surface area contributed by atoms with Crippen molar-refractivity contribution in [2.75, 3.05) is 21.3 Å². The number of nitrogens with zero attached hydrogens (tertiary/aromatic N) is 1. The zero-order valence-electron chi connectivity index (χ0n) is 17.8. The molecule has 8 heteroatoms. The summed E-state index contributed by atoms with van der Waals surface area (Å²) in [6, 6.07) is 7.83. The van der Waals surface area contributed by atoms with Crippen molar-refractivity contribution in [1.82, 2.24) is 5.23 Å². The van der Waals surface area contributed by atoms with Crippen LogP contribution in [0.5, 0.6) is 5.75 Å². The lowest BCUT2D eigenvalue weighted by molar-refractivity contribution is -0.422. The molecule has 1 aromatic carbocycles. The smallest absolute Gasteiger partial charge is 0.309 e. The van der Waals surface area contributed by atoms with Gasteiger partial charge in [-0.25, -0.2) is 4.84 Å². The molecule has 1 saturated heterocycles. The monoisotopic (exact) mass is 409 g/mol. The average Bonchev–Trinajstić information content (AvgIpc) is 2.65. The molecule has 7 nitrogen and oxygen atoms in total. The van der Waals surface area contributed by atoms with Crippen LogP contribution in [-0.2, 0) is 23.6 Å². The van der Waals surface area contributed by atoms with Crippen LogP contribution < -0.4 is 4.74 Å². The quantitative estimate of drug-likeness (QED) is 0.498. The SMILES string of the molecule is COC(=O)C/C=C1\[C@H](c2ccc(OC)cc2)C[C@@](C)(OC)ON1O[Si](C)(C)C.